The molecule has 2 aliphatic heterocycles. The van der Waals surface area contributed by atoms with Crippen molar-refractivity contribution in [2.45, 2.75) is 50.8 Å². The number of nitrogens with one attached hydrogen (secondary N) is 3. The number of hydrogen-bond donors (Lipinski definition) is 3. The van der Waals surface area contributed by atoms with E-state index in [4.69, 9.17) is 0 Å². The molecule has 1 saturated carbocycles. The Labute approximate surface area is 206 Å². The number of ether oxygens (including phenoxy) is 1. The highest BCUT2D eigenvalue weighted by Crippen LogP contribution is 2.43. The van der Waals surface area contributed by atoms with E-state index in [2.05, 4.69) is 26.4 Å². The number of rotatable bonds is 7. The number of H-pyrrole nitrogens is 1. The fraction of sp³-hybridized carbons (Fsp3) is 0.520. The maximum Gasteiger partial charge on any atom is 0.387 e. The van der Waals surface area contributed by atoms with Gasteiger partial charge in [0.15, 0.2) is 0 Å². The molecule has 0 radical (unpaired) electrons. The van der Waals surface area contributed by atoms with Crippen LogP contribution in [0.2, 0.25) is 0 Å². The Morgan fingerprint density at radius 3 is 2.83 bits per heavy atom. The molecule has 190 valence electrons. The van der Waals surface area contributed by atoms with Crippen molar-refractivity contribution in [2.75, 3.05) is 13.1 Å². The van der Waals surface area contributed by atoms with Gasteiger partial charge < -0.3 is 25.3 Å². The molecule has 5 unspecified atom stereocenters. The first-order valence-corrected chi connectivity index (χ1v) is 12.2. The van der Waals surface area contributed by atoms with E-state index < -0.39 is 30.5 Å². The van der Waals surface area contributed by atoms with Crippen LogP contribution in [0.1, 0.15) is 42.6 Å². The summed E-state index contributed by atoms with van der Waals surface area (Å²) in [5.74, 6) is -1.15. The van der Waals surface area contributed by atoms with E-state index in [0.29, 0.717) is 30.4 Å². The van der Waals surface area contributed by atoms with Gasteiger partial charge in [-0.15, -0.1) is 0 Å². The molecule has 0 spiro atoms. The molecule has 1 aromatic carbocycles. The SMILES string of the molecule is N#CC(CC1CCNC1=O)NC(=O)C1C2CCCC2CN1C(=O)c1cc2c(OC(F)F)cccc2[nH]1. The summed E-state index contributed by atoms with van der Waals surface area (Å²) in [4.78, 5) is 43.4. The molecule has 5 rings (SSSR count). The van der Waals surface area contributed by atoms with Gasteiger partial charge in [0.05, 0.1) is 6.07 Å². The molecule has 1 aliphatic carbocycles. The van der Waals surface area contributed by atoms with Crippen molar-refractivity contribution in [3.05, 3.63) is 30.0 Å². The Hall–Kier alpha value is -3.68. The summed E-state index contributed by atoms with van der Waals surface area (Å²) in [7, 11) is 0. The van der Waals surface area contributed by atoms with Crippen molar-refractivity contribution >= 4 is 28.6 Å². The third-order valence-electron chi connectivity index (χ3n) is 7.65. The predicted octanol–water partition coefficient (Wildman–Crippen LogP) is 2.54. The van der Waals surface area contributed by atoms with Crippen LogP contribution in [0.5, 0.6) is 5.75 Å². The summed E-state index contributed by atoms with van der Waals surface area (Å²) in [5, 5.41) is 15.5. The van der Waals surface area contributed by atoms with E-state index in [1.807, 2.05) is 0 Å². The molecule has 1 aromatic heterocycles. The van der Waals surface area contributed by atoms with Gasteiger partial charge in [0.2, 0.25) is 11.8 Å². The Morgan fingerprint density at radius 2 is 2.11 bits per heavy atom. The zero-order valence-corrected chi connectivity index (χ0v) is 19.5. The Kier molecular flexibility index (Phi) is 6.51. The summed E-state index contributed by atoms with van der Waals surface area (Å²) in [6, 6.07) is 6.57. The molecule has 9 nitrogen and oxygen atoms in total. The van der Waals surface area contributed by atoms with Crippen molar-refractivity contribution < 1.29 is 27.9 Å². The highest BCUT2D eigenvalue weighted by Gasteiger charge is 2.50. The summed E-state index contributed by atoms with van der Waals surface area (Å²) in [6.07, 6.45) is 3.50. The fourth-order valence-corrected chi connectivity index (χ4v) is 6.00. The van der Waals surface area contributed by atoms with E-state index in [0.717, 1.165) is 19.3 Å². The van der Waals surface area contributed by atoms with Crippen LogP contribution in [0, 0.1) is 29.1 Å². The lowest BCUT2D eigenvalue weighted by Crippen LogP contribution is -2.51. The van der Waals surface area contributed by atoms with Crippen LogP contribution >= 0.6 is 0 Å². The van der Waals surface area contributed by atoms with Crippen LogP contribution in [0.25, 0.3) is 10.9 Å². The molecule has 3 aliphatic rings. The summed E-state index contributed by atoms with van der Waals surface area (Å²) >= 11 is 0. The number of nitriles is 1. The minimum Gasteiger partial charge on any atom is -0.434 e. The van der Waals surface area contributed by atoms with Gasteiger partial charge in [-0.25, -0.2) is 0 Å². The largest absolute Gasteiger partial charge is 0.434 e. The third kappa shape index (κ3) is 4.47. The first-order chi connectivity index (χ1) is 17.4. The standard InChI is InChI=1S/C25H27F2N5O4/c26-25(27)36-20-6-2-5-18-17(20)10-19(31-18)24(35)32-12-14-3-1-4-16(14)21(32)23(34)30-15(11-28)9-13-7-8-29-22(13)33/h2,5-6,10,13-16,21,25,31H,1,3-4,7-9,12H2,(H,29,33)(H,30,34). The number of hydrogen-bond acceptors (Lipinski definition) is 5. The van der Waals surface area contributed by atoms with Crippen LogP contribution in [0.4, 0.5) is 8.78 Å². The zero-order chi connectivity index (χ0) is 25.4. The topological polar surface area (TPSA) is 127 Å². The molecular weight excluding hydrogens is 472 g/mol. The lowest BCUT2D eigenvalue weighted by Gasteiger charge is -2.28. The summed E-state index contributed by atoms with van der Waals surface area (Å²) in [5.41, 5.74) is 0.642. The lowest BCUT2D eigenvalue weighted by molar-refractivity contribution is -0.127. The zero-order valence-electron chi connectivity index (χ0n) is 19.5. The van der Waals surface area contributed by atoms with Crippen LogP contribution in [0.3, 0.4) is 0 Å². The Balaban J connectivity index is 1.37. The molecule has 36 heavy (non-hydrogen) atoms. The van der Waals surface area contributed by atoms with E-state index in [-0.39, 0.29) is 41.5 Å². The van der Waals surface area contributed by atoms with Crippen molar-refractivity contribution in [3.63, 3.8) is 0 Å². The monoisotopic (exact) mass is 499 g/mol. The van der Waals surface area contributed by atoms with Crippen molar-refractivity contribution in [1.29, 1.82) is 5.26 Å². The van der Waals surface area contributed by atoms with Gasteiger partial charge >= 0.3 is 6.61 Å². The first kappa shape index (κ1) is 24.0. The number of likely N-dealkylation sites (tertiary alicyclic amines) is 1. The van der Waals surface area contributed by atoms with Crippen LogP contribution < -0.4 is 15.4 Å². The van der Waals surface area contributed by atoms with E-state index >= 15 is 0 Å². The number of benzene rings is 1. The van der Waals surface area contributed by atoms with E-state index in [1.165, 1.54) is 17.0 Å². The third-order valence-corrected chi connectivity index (χ3v) is 7.65. The highest BCUT2D eigenvalue weighted by molar-refractivity contribution is 6.02. The number of carbonyl (C=O) groups excluding carboxylic acids is 3. The molecule has 3 amide bonds. The van der Waals surface area contributed by atoms with Crippen LogP contribution in [-0.2, 0) is 9.59 Å². The van der Waals surface area contributed by atoms with E-state index in [1.54, 1.807) is 12.1 Å². The number of carbonyl (C=O) groups is 3. The fourth-order valence-electron chi connectivity index (χ4n) is 6.00. The minimum absolute atomic E-state index is 0.0230. The summed E-state index contributed by atoms with van der Waals surface area (Å²) < 4.78 is 30.2. The number of aromatic amines is 1. The second-order valence-electron chi connectivity index (χ2n) is 9.74. The molecule has 11 heteroatoms. The second kappa shape index (κ2) is 9.76. The smallest absolute Gasteiger partial charge is 0.387 e. The maximum atomic E-state index is 13.6. The number of halogens is 2. The number of aromatic nitrogens is 1. The molecule has 0 bridgehead atoms. The second-order valence-corrected chi connectivity index (χ2v) is 9.74. The quantitative estimate of drug-likeness (QED) is 0.540. The normalized spacial score (nSPS) is 26.1. The number of nitrogens with zero attached hydrogens (tertiary/aromatic N) is 2. The Bertz CT molecular complexity index is 1220. The average Bonchev–Trinajstić information content (AvgIpc) is 3.61. The van der Waals surface area contributed by atoms with E-state index in [9.17, 15) is 28.4 Å². The molecule has 2 saturated heterocycles. The van der Waals surface area contributed by atoms with Gasteiger partial charge in [0.25, 0.3) is 5.91 Å². The van der Waals surface area contributed by atoms with Crippen molar-refractivity contribution in [3.8, 4) is 11.8 Å². The van der Waals surface area contributed by atoms with Crippen molar-refractivity contribution in [2.24, 2.45) is 17.8 Å². The Morgan fingerprint density at radius 1 is 1.28 bits per heavy atom. The predicted molar refractivity (Wildman–Crippen MR) is 124 cm³/mol. The molecule has 3 heterocycles. The van der Waals surface area contributed by atoms with Gasteiger partial charge in [0, 0.05) is 29.9 Å². The number of alkyl halides is 2. The highest BCUT2D eigenvalue weighted by atomic mass is 19.3. The average molecular weight is 500 g/mol. The lowest BCUT2D eigenvalue weighted by atomic mass is 9.92. The number of fused-ring (bicyclic) bond motifs is 2. The van der Waals surface area contributed by atoms with Gasteiger partial charge in [-0.2, -0.15) is 14.0 Å². The summed E-state index contributed by atoms with van der Waals surface area (Å²) in [6.45, 7) is -2.04. The molecule has 3 fully saturated rings. The molecule has 3 N–H and O–H groups in total. The maximum absolute atomic E-state index is 13.6. The molecule has 5 atom stereocenters. The number of amides is 3. The first-order valence-electron chi connectivity index (χ1n) is 12.2. The van der Waals surface area contributed by atoms with Crippen LogP contribution in [-0.4, -0.2) is 59.4 Å². The molecular formula is C25H27F2N5O4. The van der Waals surface area contributed by atoms with Gasteiger partial charge in [0.1, 0.15) is 23.5 Å². The van der Waals surface area contributed by atoms with Crippen LogP contribution in [0.15, 0.2) is 24.3 Å². The van der Waals surface area contributed by atoms with Crippen molar-refractivity contribution in [1.82, 2.24) is 20.5 Å². The van der Waals surface area contributed by atoms with Gasteiger partial charge in [-0.1, -0.05) is 12.5 Å². The van der Waals surface area contributed by atoms with Gasteiger partial charge in [-0.3, -0.25) is 14.4 Å². The van der Waals surface area contributed by atoms with Gasteiger partial charge in [-0.05, 0) is 55.7 Å². The molecule has 2 aromatic rings. The minimum atomic E-state index is -3.00.